The minimum Gasteiger partial charge on any atom is -0.383 e. The Kier molecular flexibility index (Phi) is 6.34. The second-order valence-corrected chi connectivity index (χ2v) is 5.99. The van der Waals surface area contributed by atoms with Gasteiger partial charge >= 0.3 is 6.03 Å². The summed E-state index contributed by atoms with van der Waals surface area (Å²) in [6.45, 7) is 3.09. The number of carbonyl (C=O) groups is 1. The molecule has 0 atom stereocenters. The predicted octanol–water partition coefficient (Wildman–Crippen LogP) is 3.44. The fraction of sp³-hybridized carbons (Fsp3) is 0.562. The lowest BCUT2D eigenvalue weighted by molar-refractivity contribution is 0.165. The highest BCUT2D eigenvalue weighted by atomic mass is 35.5. The molecule has 0 bridgehead atoms. The molecular formula is C16H24ClN3O2. The van der Waals surface area contributed by atoms with E-state index in [1.807, 2.05) is 18.2 Å². The molecule has 1 aliphatic heterocycles. The molecule has 1 aromatic carbocycles. The van der Waals surface area contributed by atoms with Gasteiger partial charge in [0.25, 0.3) is 0 Å². The SMILES string of the molecule is COCCN(C)C(=O)Nc1cc(Cl)ccc1N1CCCCC1. The van der Waals surface area contributed by atoms with E-state index in [1.165, 1.54) is 19.3 Å². The molecule has 1 fully saturated rings. The standard InChI is InChI=1S/C16H24ClN3O2/c1-19(10-11-22-2)16(21)18-14-12-13(17)6-7-15(14)20-8-4-3-5-9-20/h6-7,12H,3-5,8-11H2,1-2H3,(H,18,21). The van der Waals surface area contributed by atoms with Gasteiger partial charge < -0.3 is 19.9 Å². The Bertz CT molecular complexity index is 504. The molecule has 0 spiro atoms. The zero-order chi connectivity index (χ0) is 15.9. The van der Waals surface area contributed by atoms with Gasteiger partial charge in [-0.15, -0.1) is 0 Å². The van der Waals surface area contributed by atoms with E-state index in [-0.39, 0.29) is 6.03 Å². The number of anilines is 2. The van der Waals surface area contributed by atoms with Gasteiger partial charge in [0.15, 0.2) is 0 Å². The van der Waals surface area contributed by atoms with Gasteiger partial charge in [-0.25, -0.2) is 4.79 Å². The molecule has 0 aromatic heterocycles. The zero-order valence-electron chi connectivity index (χ0n) is 13.3. The molecule has 2 amide bonds. The van der Waals surface area contributed by atoms with Gasteiger partial charge in [-0.05, 0) is 37.5 Å². The summed E-state index contributed by atoms with van der Waals surface area (Å²) >= 11 is 6.10. The molecule has 1 heterocycles. The molecule has 6 heteroatoms. The van der Waals surface area contributed by atoms with Crippen LogP contribution in [0.15, 0.2) is 18.2 Å². The third kappa shape index (κ3) is 4.52. The summed E-state index contributed by atoms with van der Waals surface area (Å²) in [6.07, 6.45) is 3.64. The number of nitrogens with zero attached hydrogens (tertiary/aromatic N) is 2. The number of piperidine rings is 1. The van der Waals surface area contributed by atoms with Crippen molar-refractivity contribution >= 4 is 29.0 Å². The van der Waals surface area contributed by atoms with Crippen molar-refractivity contribution < 1.29 is 9.53 Å². The zero-order valence-corrected chi connectivity index (χ0v) is 14.0. The normalized spacial score (nSPS) is 14.8. The van der Waals surface area contributed by atoms with Crippen LogP contribution in [-0.2, 0) is 4.74 Å². The van der Waals surface area contributed by atoms with Gasteiger partial charge in [-0.3, -0.25) is 0 Å². The fourth-order valence-corrected chi connectivity index (χ4v) is 2.73. The van der Waals surface area contributed by atoms with Crippen molar-refractivity contribution in [2.24, 2.45) is 0 Å². The topological polar surface area (TPSA) is 44.8 Å². The molecule has 0 unspecified atom stereocenters. The van der Waals surface area contributed by atoms with Gasteiger partial charge in [0.2, 0.25) is 0 Å². The van der Waals surface area contributed by atoms with E-state index in [0.717, 1.165) is 24.5 Å². The van der Waals surface area contributed by atoms with E-state index in [1.54, 1.807) is 19.1 Å². The lowest BCUT2D eigenvalue weighted by Gasteiger charge is -2.31. The summed E-state index contributed by atoms with van der Waals surface area (Å²) in [6, 6.07) is 5.51. The van der Waals surface area contributed by atoms with Crippen LogP contribution in [0.1, 0.15) is 19.3 Å². The van der Waals surface area contributed by atoms with Crippen molar-refractivity contribution in [2.45, 2.75) is 19.3 Å². The van der Waals surface area contributed by atoms with Crippen LogP contribution in [0.2, 0.25) is 5.02 Å². The molecule has 22 heavy (non-hydrogen) atoms. The first-order valence-corrected chi connectivity index (χ1v) is 8.05. The summed E-state index contributed by atoms with van der Waals surface area (Å²) in [4.78, 5) is 16.2. The van der Waals surface area contributed by atoms with Gasteiger partial charge in [0, 0.05) is 38.8 Å². The first kappa shape index (κ1) is 16.9. The number of methoxy groups -OCH3 is 1. The third-order valence-corrected chi connectivity index (χ3v) is 4.11. The van der Waals surface area contributed by atoms with Crippen molar-refractivity contribution in [2.75, 3.05) is 50.6 Å². The van der Waals surface area contributed by atoms with Crippen molar-refractivity contribution in [3.05, 3.63) is 23.2 Å². The highest BCUT2D eigenvalue weighted by Crippen LogP contribution is 2.31. The number of urea groups is 1. The smallest absolute Gasteiger partial charge is 0.321 e. The summed E-state index contributed by atoms with van der Waals surface area (Å²) in [5, 5.41) is 3.58. The largest absolute Gasteiger partial charge is 0.383 e. The molecule has 0 aliphatic carbocycles. The van der Waals surface area contributed by atoms with Crippen LogP contribution < -0.4 is 10.2 Å². The van der Waals surface area contributed by atoms with Crippen molar-refractivity contribution in [1.82, 2.24) is 4.90 Å². The van der Waals surface area contributed by atoms with Crippen LogP contribution in [0.3, 0.4) is 0 Å². The molecule has 122 valence electrons. The van der Waals surface area contributed by atoms with Gasteiger partial charge in [0.1, 0.15) is 0 Å². The van der Waals surface area contributed by atoms with E-state index in [0.29, 0.717) is 18.2 Å². The summed E-state index contributed by atoms with van der Waals surface area (Å²) < 4.78 is 5.00. The Morgan fingerprint density at radius 1 is 1.36 bits per heavy atom. The van der Waals surface area contributed by atoms with Crippen LogP contribution >= 0.6 is 11.6 Å². The van der Waals surface area contributed by atoms with Crippen LogP contribution in [0.5, 0.6) is 0 Å². The van der Waals surface area contributed by atoms with Gasteiger partial charge in [-0.1, -0.05) is 11.6 Å². The predicted molar refractivity (Wildman–Crippen MR) is 91.0 cm³/mol. The van der Waals surface area contributed by atoms with E-state index in [2.05, 4.69) is 10.2 Å². The molecular weight excluding hydrogens is 302 g/mol. The quantitative estimate of drug-likeness (QED) is 0.902. The second kappa shape index (κ2) is 8.25. The average Bonchev–Trinajstić information content (AvgIpc) is 2.53. The lowest BCUT2D eigenvalue weighted by atomic mass is 10.1. The van der Waals surface area contributed by atoms with Gasteiger partial charge in [0.05, 0.1) is 18.0 Å². The highest BCUT2D eigenvalue weighted by Gasteiger charge is 2.17. The Morgan fingerprint density at radius 2 is 2.09 bits per heavy atom. The number of rotatable bonds is 5. The maximum Gasteiger partial charge on any atom is 0.321 e. The molecule has 0 saturated carbocycles. The van der Waals surface area contributed by atoms with E-state index < -0.39 is 0 Å². The highest BCUT2D eigenvalue weighted by molar-refractivity contribution is 6.31. The van der Waals surface area contributed by atoms with Crippen molar-refractivity contribution in [3.63, 3.8) is 0 Å². The number of halogens is 1. The number of amides is 2. The number of carbonyl (C=O) groups excluding carboxylic acids is 1. The summed E-state index contributed by atoms with van der Waals surface area (Å²) in [7, 11) is 3.37. The molecule has 1 aliphatic rings. The molecule has 2 rings (SSSR count). The number of ether oxygens (including phenoxy) is 1. The number of nitrogens with one attached hydrogen (secondary N) is 1. The average molecular weight is 326 g/mol. The van der Waals surface area contributed by atoms with Crippen LogP contribution in [0.4, 0.5) is 16.2 Å². The maximum atomic E-state index is 12.3. The third-order valence-electron chi connectivity index (χ3n) is 3.87. The Balaban J connectivity index is 2.11. The van der Waals surface area contributed by atoms with E-state index >= 15 is 0 Å². The van der Waals surface area contributed by atoms with E-state index in [4.69, 9.17) is 16.3 Å². The first-order chi connectivity index (χ1) is 10.6. The number of benzene rings is 1. The molecule has 5 nitrogen and oxygen atoms in total. The summed E-state index contributed by atoms with van der Waals surface area (Å²) in [5.74, 6) is 0. The van der Waals surface area contributed by atoms with Crippen molar-refractivity contribution in [1.29, 1.82) is 0 Å². The molecule has 1 aromatic rings. The Morgan fingerprint density at radius 3 is 2.77 bits per heavy atom. The number of likely N-dealkylation sites (N-methyl/N-ethyl adjacent to an activating group) is 1. The number of hydrogen-bond donors (Lipinski definition) is 1. The van der Waals surface area contributed by atoms with Gasteiger partial charge in [-0.2, -0.15) is 0 Å². The minimum atomic E-state index is -0.155. The van der Waals surface area contributed by atoms with Crippen LogP contribution in [-0.4, -0.2) is 51.3 Å². The van der Waals surface area contributed by atoms with E-state index in [9.17, 15) is 4.79 Å². The Labute approximate surface area is 137 Å². The van der Waals surface area contributed by atoms with Crippen LogP contribution in [0, 0.1) is 0 Å². The monoisotopic (exact) mass is 325 g/mol. The lowest BCUT2D eigenvalue weighted by Crippen LogP contribution is -2.35. The maximum absolute atomic E-state index is 12.3. The summed E-state index contributed by atoms with van der Waals surface area (Å²) in [5.41, 5.74) is 1.81. The molecule has 1 N–H and O–H groups in total. The number of hydrogen-bond acceptors (Lipinski definition) is 3. The minimum absolute atomic E-state index is 0.155. The first-order valence-electron chi connectivity index (χ1n) is 7.67. The fourth-order valence-electron chi connectivity index (χ4n) is 2.56. The molecule has 0 radical (unpaired) electrons. The second-order valence-electron chi connectivity index (χ2n) is 5.55. The van der Waals surface area contributed by atoms with Crippen molar-refractivity contribution in [3.8, 4) is 0 Å². The Hall–Kier alpha value is -1.46. The van der Waals surface area contributed by atoms with Crippen LogP contribution in [0.25, 0.3) is 0 Å². The molecule has 1 saturated heterocycles.